The first-order valence-corrected chi connectivity index (χ1v) is 8.36. The molecular formula is C19H23NO5. The number of aliphatic carboxylic acids is 1. The highest BCUT2D eigenvalue weighted by atomic mass is 16.5. The average Bonchev–Trinajstić information content (AvgIpc) is 2.60. The Morgan fingerprint density at radius 3 is 2.56 bits per heavy atom. The SMILES string of the molecule is C[C@H]1CC=CC[C@@H](CC(=O)O)C(=O)OC[C@@H](c2ccccc2)NC1=O. The summed E-state index contributed by atoms with van der Waals surface area (Å²) in [5, 5.41) is 11.9. The van der Waals surface area contributed by atoms with Gasteiger partial charge in [0.25, 0.3) is 0 Å². The summed E-state index contributed by atoms with van der Waals surface area (Å²) < 4.78 is 5.33. The van der Waals surface area contributed by atoms with E-state index in [0.29, 0.717) is 6.42 Å². The first-order chi connectivity index (χ1) is 12.0. The van der Waals surface area contributed by atoms with E-state index < -0.39 is 23.9 Å². The fourth-order valence-electron chi connectivity index (χ4n) is 2.65. The Balaban J connectivity index is 2.21. The van der Waals surface area contributed by atoms with Gasteiger partial charge in [-0.3, -0.25) is 14.4 Å². The van der Waals surface area contributed by atoms with Crippen molar-refractivity contribution in [3.8, 4) is 0 Å². The smallest absolute Gasteiger partial charge is 0.309 e. The molecule has 1 aliphatic rings. The van der Waals surface area contributed by atoms with E-state index in [1.807, 2.05) is 43.3 Å². The lowest BCUT2D eigenvalue weighted by Crippen LogP contribution is -2.36. The predicted molar refractivity (Wildman–Crippen MR) is 91.6 cm³/mol. The molecule has 0 radical (unpaired) electrons. The largest absolute Gasteiger partial charge is 0.481 e. The number of carbonyl (C=O) groups is 3. The lowest BCUT2D eigenvalue weighted by molar-refractivity contribution is -0.154. The van der Waals surface area contributed by atoms with Crippen LogP contribution in [0.25, 0.3) is 0 Å². The fraction of sp³-hybridized carbons (Fsp3) is 0.421. The van der Waals surface area contributed by atoms with E-state index >= 15 is 0 Å². The molecule has 3 atom stereocenters. The van der Waals surface area contributed by atoms with Crippen molar-refractivity contribution in [1.29, 1.82) is 0 Å². The number of nitrogens with one attached hydrogen (secondary N) is 1. The number of hydrogen-bond acceptors (Lipinski definition) is 4. The van der Waals surface area contributed by atoms with E-state index in [4.69, 9.17) is 9.84 Å². The molecule has 0 aromatic heterocycles. The third-order valence-corrected chi connectivity index (χ3v) is 4.19. The van der Waals surface area contributed by atoms with Crippen molar-refractivity contribution in [3.05, 3.63) is 48.0 Å². The summed E-state index contributed by atoms with van der Waals surface area (Å²) in [6.45, 7) is 1.80. The van der Waals surface area contributed by atoms with Crippen LogP contribution < -0.4 is 5.32 Å². The Bertz CT molecular complexity index is 640. The second-order valence-corrected chi connectivity index (χ2v) is 6.24. The lowest BCUT2D eigenvalue weighted by atomic mass is 9.99. The van der Waals surface area contributed by atoms with Gasteiger partial charge in [-0.15, -0.1) is 0 Å². The monoisotopic (exact) mass is 345 g/mol. The molecule has 0 spiro atoms. The highest BCUT2D eigenvalue weighted by Gasteiger charge is 2.25. The van der Waals surface area contributed by atoms with Crippen LogP contribution in [0.2, 0.25) is 0 Å². The number of benzene rings is 1. The van der Waals surface area contributed by atoms with Gasteiger partial charge in [0.1, 0.15) is 6.61 Å². The number of esters is 1. The zero-order chi connectivity index (χ0) is 18.2. The number of amides is 1. The number of carboxylic acids is 1. The van der Waals surface area contributed by atoms with Gasteiger partial charge in [-0.25, -0.2) is 0 Å². The van der Waals surface area contributed by atoms with E-state index in [9.17, 15) is 14.4 Å². The van der Waals surface area contributed by atoms with E-state index in [2.05, 4.69) is 5.32 Å². The normalized spacial score (nSPS) is 25.2. The second-order valence-electron chi connectivity index (χ2n) is 6.24. The number of allylic oxidation sites excluding steroid dienone is 2. The molecule has 0 saturated heterocycles. The minimum Gasteiger partial charge on any atom is -0.481 e. The van der Waals surface area contributed by atoms with Gasteiger partial charge in [0, 0.05) is 5.92 Å². The standard InChI is InChI=1S/C19H23NO5/c1-13-7-5-6-10-15(11-17(21)22)19(24)25-12-16(20-18(13)23)14-8-3-2-4-9-14/h2-6,8-9,13,15-16H,7,10-12H2,1H3,(H,20,23)(H,21,22)/t13-,15-,16-/m0/s1. The maximum atomic E-state index is 12.3. The maximum absolute atomic E-state index is 12.3. The van der Waals surface area contributed by atoms with Gasteiger partial charge >= 0.3 is 11.9 Å². The highest BCUT2D eigenvalue weighted by Crippen LogP contribution is 2.19. The van der Waals surface area contributed by atoms with Crippen molar-refractivity contribution in [2.24, 2.45) is 11.8 Å². The minimum atomic E-state index is -1.04. The van der Waals surface area contributed by atoms with Crippen molar-refractivity contribution in [3.63, 3.8) is 0 Å². The molecule has 1 heterocycles. The first-order valence-electron chi connectivity index (χ1n) is 8.36. The third kappa shape index (κ3) is 5.74. The summed E-state index contributed by atoms with van der Waals surface area (Å²) in [7, 11) is 0. The van der Waals surface area contributed by atoms with Crippen molar-refractivity contribution >= 4 is 17.8 Å². The van der Waals surface area contributed by atoms with Crippen LogP contribution in [0.15, 0.2) is 42.5 Å². The summed E-state index contributed by atoms with van der Waals surface area (Å²) in [6, 6.07) is 8.79. The molecule has 0 fully saturated rings. The molecule has 0 bridgehead atoms. The second kappa shape index (κ2) is 9.01. The number of rotatable bonds is 3. The number of ether oxygens (including phenoxy) is 1. The molecular weight excluding hydrogens is 322 g/mol. The summed E-state index contributed by atoms with van der Waals surface area (Å²) >= 11 is 0. The number of cyclic esters (lactones) is 1. The number of hydrogen-bond donors (Lipinski definition) is 2. The van der Waals surface area contributed by atoms with Gasteiger partial charge in [0.15, 0.2) is 0 Å². The topological polar surface area (TPSA) is 92.7 Å². The number of carbonyl (C=O) groups excluding carboxylic acids is 2. The molecule has 6 heteroatoms. The Morgan fingerprint density at radius 1 is 1.20 bits per heavy atom. The molecule has 0 unspecified atom stereocenters. The van der Waals surface area contributed by atoms with Gasteiger partial charge < -0.3 is 15.2 Å². The molecule has 134 valence electrons. The van der Waals surface area contributed by atoms with Gasteiger partial charge in [-0.2, -0.15) is 0 Å². The number of carboxylic acid groups (broad SMARTS) is 1. The molecule has 1 aromatic rings. The summed E-state index contributed by atoms with van der Waals surface area (Å²) in [5.41, 5.74) is 0.832. The molecule has 1 amide bonds. The van der Waals surface area contributed by atoms with Crippen LogP contribution >= 0.6 is 0 Å². The molecule has 0 aliphatic carbocycles. The van der Waals surface area contributed by atoms with Gasteiger partial charge in [-0.1, -0.05) is 49.4 Å². The zero-order valence-corrected chi connectivity index (χ0v) is 14.2. The maximum Gasteiger partial charge on any atom is 0.309 e. The molecule has 2 rings (SSSR count). The Hall–Kier alpha value is -2.63. The van der Waals surface area contributed by atoms with E-state index in [0.717, 1.165) is 5.56 Å². The van der Waals surface area contributed by atoms with Crippen LogP contribution in [0.3, 0.4) is 0 Å². The molecule has 25 heavy (non-hydrogen) atoms. The molecule has 1 aliphatic heterocycles. The summed E-state index contributed by atoms with van der Waals surface area (Å²) in [4.78, 5) is 35.6. The van der Waals surface area contributed by atoms with Crippen LogP contribution in [0.5, 0.6) is 0 Å². The quantitative estimate of drug-likeness (QED) is 0.648. The van der Waals surface area contributed by atoms with Crippen LogP contribution in [0.1, 0.15) is 37.8 Å². The van der Waals surface area contributed by atoms with E-state index in [-0.39, 0.29) is 31.3 Å². The summed E-state index contributed by atoms with van der Waals surface area (Å²) in [6.07, 6.45) is 4.10. The molecule has 2 N–H and O–H groups in total. The van der Waals surface area contributed by atoms with Crippen molar-refractivity contribution in [2.45, 2.75) is 32.2 Å². The van der Waals surface area contributed by atoms with Crippen LogP contribution in [-0.4, -0.2) is 29.6 Å². The van der Waals surface area contributed by atoms with Crippen LogP contribution in [0, 0.1) is 11.8 Å². The Morgan fingerprint density at radius 2 is 1.88 bits per heavy atom. The van der Waals surface area contributed by atoms with Gasteiger partial charge in [0.05, 0.1) is 18.4 Å². The lowest BCUT2D eigenvalue weighted by Gasteiger charge is -2.23. The van der Waals surface area contributed by atoms with Crippen molar-refractivity contribution in [2.75, 3.05) is 6.61 Å². The zero-order valence-electron chi connectivity index (χ0n) is 14.2. The van der Waals surface area contributed by atoms with Crippen molar-refractivity contribution in [1.82, 2.24) is 5.32 Å². The third-order valence-electron chi connectivity index (χ3n) is 4.19. The van der Waals surface area contributed by atoms with Crippen LogP contribution in [-0.2, 0) is 19.1 Å². The average molecular weight is 345 g/mol. The van der Waals surface area contributed by atoms with Gasteiger partial charge in [0.2, 0.25) is 5.91 Å². The van der Waals surface area contributed by atoms with Gasteiger partial charge in [-0.05, 0) is 18.4 Å². The Kier molecular flexibility index (Phi) is 6.74. The highest BCUT2D eigenvalue weighted by molar-refractivity contribution is 5.80. The molecule has 6 nitrogen and oxygen atoms in total. The molecule has 1 aromatic carbocycles. The van der Waals surface area contributed by atoms with Crippen LogP contribution in [0.4, 0.5) is 0 Å². The predicted octanol–water partition coefficient (Wildman–Crippen LogP) is 2.46. The first kappa shape index (κ1) is 18.7. The molecule has 0 saturated carbocycles. The van der Waals surface area contributed by atoms with Crippen molar-refractivity contribution < 1.29 is 24.2 Å². The van der Waals surface area contributed by atoms with E-state index in [1.54, 1.807) is 6.08 Å². The summed E-state index contributed by atoms with van der Waals surface area (Å²) in [5.74, 6) is -2.66. The van der Waals surface area contributed by atoms with E-state index in [1.165, 1.54) is 0 Å². The minimum absolute atomic E-state index is 0.0266. The fourth-order valence-corrected chi connectivity index (χ4v) is 2.65. The Labute approximate surface area is 146 Å².